The molecule has 0 atom stereocenters. The first-order valence-electron chi connectivity index (χ1n) is 11.4. The summed E-state index contributed by atoms with van der Waals surface area (Å²) in [4.78, 5) is 19.6. The second-order valence-corrected chi connectivity index (χ2v) is 10.0. The number of nitrogens with zero attached hydrogens (tertiary/aromatic N) is 3. The first-order chi connectivity index (χ1) is 15.9. The topological polar surface area (TPSA) is 101 Å². The van der Waals surface area contributed by atoms with Gasteiger partial charge in [0.05, 0.1) is 11.2 Å². The van der Waals surface area contributed by atoms with Gasteiger partial charge >= 0.3 is 6.09 Å². The van der Waals surface area contributed by atoms with Gasteiger partial charge in [-0.25, -0.2) is 9.78 Å². The van der Waals surface area contributed by atoms with Crippen molar-refractivity contribution in [2.24, 2.45) is 16.8 Å². The number of amides is 1. The van der Waals surface area contributed by atoms with Crippen molar-refractivity contribution in [2.75, 3.05) is 7.05 Å². The summed E-state index contributed by atoms with van der Waals surface area (Å²) in [5.74, 6) is 0.724. The van der Waals surface area contributed by atoms with Gasteiger partial charge in [0.2, 0.25) is 0 Å². The van der Waals surface area contributed by atoms with Crippen LogP contribution in [0.1, 0.15) is 51.4 Å². The molecule has 0 aliphatic rings. The number of benzene rings is 2. The van der Waals surface area contributed by atoms with Crippen LogP contribution in [0, 0.1) is 12.8 Å². The number of fused-ring (bicyclic) bond motifs is 1. The third-order valence-electron chi connectivity index (χ3n) is 5.83. The minimum atomic E-state index is -0.459. The van der Waals surface area contributed by atoms with Gasteiger partial charge in [0.1, 0.15) is 0 Å². The summed E-state index contributed by atoms with van der Waals surface area (Å²) < 4.78 is 6.10. The van der Waals surface area contributed by atoms with Crippen molar-refractivity contribution in [3.63, 3.8) is 0 Å². The quantitative estimate of drug-likeness (QED) is 0.218. The Morgan fingerprint density at radius 2 is 1.82 bits per heavy atom. The molecule has 34 heavy (non-hydrogen) atoms. The van der Waals surface area contributed by atoms with E-state index in [0.29, 0.717) is 29.3 Å². The number of hydrogen-bond acceptors (Lipinski definition) is 5. The molecule has 0 saturated heterocycles. The van der Waals surface area contributed by atoms with E-state index >= 15 is 0 Å². The number of nitrogens with two attached hydrogens (primary N) is 1. The molecule has 0 bridgehead atoms. The van der Waals surface area contributed by atoms with E-state index in [1.54, 1.807) is 18.0 Å². The van der Waals surface area contributed by atoms with Gasteiger partial charge in [-0.2, -0.15) is 0 Å². The number of hydrogen-bond donors (Lipinski definition) is 2. The molecular formula is C27H34N4O3. The fourth-order valence-electron chi connectivity index (χ4n) is 3.59. The van der Waals surface area contributed by atoms with E-state index in [1.165, 1.54) is 0 Å². The summed E-state index contributed by atoms with van der Waals surface area (Å²) in [5.41, 5.74) is 10.2. The molecule has 180 valence electrons. The first kappa shape index (κ1) is 25.0. The van der Waals surface area contributed by atoms with Crippen LogP contribution >= 0.6 is 0 Å². The molecule has 1 aromatic heterocycles. The standard InChI is InChI=1S/C27H34N4O3/c1-16(2)14-22-24(34-26(32)31(7)27(4,5)6)23(18-10-8-17(3)9-11-18)20-15-19(25(28)30-33)12-13-21(20)29-22/h8-13,15-16,33H,14H2,1-7H3,(H2,28,30). The van der Waals surface area contributed by atoms with Gasteiger partial charge in [-0.1, -0.05) is 48.8 Å². The van der Waals surface area contributed by atoms with Crippen LogP contribution < -0.4 is 10.5 Å². The van der Waals surface area contributed by atoms with Gasteiger partial charge in [0.15, 0.2) is 11.6 Å². The van der Waals surface area contributed by atoms with E-state index in [-0.39, 0.29) is 5.84 Å². The van der Waals surface area contributed by atoms with E-state index in [2.05, 4.69) is 19.0 Å². The Morgan fingerprint density at radius 3 is 2.38 bits per heavy atom. The molecule has 1 heterocycles. The SMILES string of the molecule is Cc1ccc(-c2c(OC(=O)N(C)C(C)(C)C)c(CC(C)C)nc3ccc(C(N)=NO)cc23)cc1. The number of amidine groups is 1. The molecule has 0 aliphatic carbocycles. The van der Waals surface area contributed by atoms with Gasteiger partial charge < -0.3 is 20.6 Å². The van der Waals surface area contributed by atoms with Crippen LogP contribution in [0.2, 0.25) is 0 Å². The highest BCUT2D eigenvalue weighted by Crippen LogP contribution is 2.40. The number of rotatable bonds is 5. The highest BCUT2D eigenvalue weighted by molar-refractivity contribution is 6.05. The largest absolute Gasteiger partial charge is 0.415 e. The van der Waals surface area contributed by atoms with Crippen LogP contribution in [0.3, 0.4) is 0 Å². The minimum Gasteiger partial charge on any atom is -0.409 e. The van der Waals surface area contributed by atoms with E-state index in [0.717, 1.165) is 27.6 Å². The Balaban J connectivity index is 2.37. The molecular weight excluding hydrogens is 428 g/mol. The molecule has 3 N–H and O–H groups in total. The molecule has 1 amide bonds. The van der Waals surface area contributed by atoms with Crippen molar-refractivity contribution < 1.29 is 14.7 Å². The van der Waals surface area contributed by atoms with E-state index in [1.807, 2.05) is 64.1 Å². The zero-order chi connectivity index (χ0) is 25.2. The smallest absolute Gasteiger partial charge is 0.409 e. The lowest BCUT2D eigenvalue weighted by atomic mass is 9.94. The molecule has 0 aliphatic heterocycles. The minimum absolute atomic E-state index is 0.00553. The number of carbonyl (C=O) groups excluding carboxylic acids is 1. The number of aromatic nitrogens is 1. The van der Waals surface area contributed by atoms with Crippen molar-refractivity contribution >= 4 is 22.8 Å². The molecule has 0 unspecified atom stereocenters. The van der Waals surface area contributed by atoms with Gasteiger partial charge in [0.25, 0.3) is 0 Å². The molecule has 0 fully saturated rings. The van der Waals surface area contributed by atoms with Crippen molar-refractivity contribution in [3.05, 3.63) is 59.3 Å². The summed E-state index contributed by atoms with van der Waals surface area (Å²) in [6.07, 6.45) is 0.179. The molecule has 3 rings (SSSR count). The molecule has 0 spiro atoms. The predicted molar refractivity (Wildman–Crippen MR) is 137 cm³/mol. The zero-order valence-electron chi connectivity index (χ0n) is 21.0. The normalized spacial score (nSPS) is 12.3. The highest BCUT2D eigenvalue weighted by Gasteiger charge is 2.28. The van der Waals surface area contributed by atoms with Crippen LogP contribution in [-0.4, -0.2) is 39.6 Å². The number of oxime groups is 1. The van der Waals surface area contributed by atoms with Crippen molar-refractivity contribution in [1.29, 1.82) is 0 Å². The maximum Gasteiger partial charge on any atom is 0.415 e. The van der Waals surface area contributed by atoms with E-state index < -0.39 is 11.6 Å². The summed E-state index contributed by atoms with van der Waals surface area (Å²) in [7, 11) is 1.72. The van der Waals surface area contributed by atoms with Crippen LogP contribution in [-0.2, 0) is 6.42 Å². The fraction of sp³-hybridized carbons (Fsp3) is 0.370. The van der Waals surface area contributed by atoms with Crippen LogP contribution in [0.4, 0.5) is 4.79 Å². The van der Waals surface area contributed by atoms with Gasteiger partial charge in [-0.15, -0.1) is 0 Å². The molecule has 0 radical (unpaired) electrons. The third kappa shape index (κ3) is 5.30. The lowest BCUT2D eigenvalue weighted by Gasteiger charge is -2.31. The first-order valence-corrected chi connectivity index (χ1v) is 11.4. The Morgan fingerprint density at radius 1 is 1.18 bits per heavy atom. The van der Waals surface area contributed by atoms with E-state index in [9.17, 15) is 10.0 Å². The summed E-state index contributed by atoms with van der Waals surface area (Å²) in [6.45, 7) is 12.1. The Labute approximate surface area is 201 Å². The lowest BCUT2D eigenvalue weighted by Crippen LogP contribution is -2.44. The second kappa shape index (κ2) is 9.71. The average molecular weight is 463 g/mol. The Kier molecular flexibility index (Phi) is 7.15. The number of pyridine rings is 1. The highest BCUT2D eigenvalue weighted by atomic mass is 16.6. The van der Waals surface area contributed by atoms with Crippen LogP contribution in [0.5, 0.6) is 5.75 Å². The Bertz CT molecular complexity index is 1230. The van der Waals surface area contributed by atoms with Gasteiger partial charge in [-0.3, -0.25) is 0 Å². The maximum absolute atomic E-state index is 13.2. The van der Waals surface area contributed by atoms with Gasteiger partial charge in [0, 0.05) is 29.1 Å². The number of carbonyl (C=O) groups is 1. The monoisotopic (exact) mass is 462 g/mol. The van der Waals surface area contributed by atoms with Crippen molar-refractivity contribution in [1.82, 2.24) is 9.88 Å². The number of aryl methyl sites for hydroxylation is 1. The van der Waals surface area contributed by atoms with Crippen LogP contribution in [0.15, 0.2) is 47.6 Å². The Hall–Kier alpha value is -3.61. The van der Waals surface area contributed by atoms with E-state index in [4.69, 9.17) is 15.5 Å². The lowest BCUT2D eigenvalue weighted by molar-refractivity contribution is 0.124. The predicted octanol–water partition coefficient (Wildman–Crippen LogP) is 5.73. The zero-order valence-corrected chi connectivity index (χ0v) is 21.0. The summed E-state index contributed by atoms with van der Waals surface area (Å²) in [6, 6.07) is 13.5. The maximum atomic E-state index is 13.2. The fourth-order valence-corrected chi connectivity index (χ4v) is 3.59. The summed E-state index contributed by atoms with van der Waals surface area (Å²) in [5, 5.41) is 13.1. The van der Waals surface area contributed by atoms with Gasteiger partial charge in [-0.05, 0) is 63.8 Å². The molecule has 0 saturated carbocycles. The summed E-state index contributed by atoms with van der Waals surface area (Å²) >= 11 is 0. The average Bonchev–Trinajstić information content (AvgIpc) is 2.77. The number of ether oxygens (including phenoxy) is 1. The van der Waals surface area contributed by atoms with Crippen LogP contribution in [0.25, 0.3) is 22.0 Å². The second-order valence-electron chi connectivity index (χ2n) is 10.0. The van der Waals surface area contributed by atoms with Crippen molar-refractivity contribution in [2.45, 2.75) is 53.5 Å². The molecule has 7 heteroatoms. The molecule has 3 aromatic rings. The third-order valence-corrected chi connectivity index (χ3v) is 5.83. The molecule has 2 aromatic carbocycles. The molecule has 7 nitrogen and oxygen atoms in total. The van der Waals surface area contributed by atoms with Crippen molar-refractivity contribution in [3.8, 4) is 16.9 Å².